The molecule has 1 atom stereocenters. The molecule has 2 N–H and O–H groups in total. The number of imide groups is 1. The van der Waals surface area contributed by atoms with Crippen LogP contribution >= 0.6 is 0 Å². The first-order chi connectivity index (χ1) is 12.1. The van der Waals surface area contributed by atoms with E-state index < -0.39 is 17.7 Å². The van der Waals surface area contributed by atoms with Crippen LogP contribution in [-0.2, 0) is 20.8 Å². The third kappa shape index (κ3) is 3.14. The molecule has 1 fully saturated rings. The van der Waals surface area contributed by atoms with E-state index in [1.165, 1.54) is 5.56 Å². The van der Waals surface area contributed by atoms with Crippen LogP contribution in [-0.4, -0.2) is 24.3 Å². The van der Waals surface area contributed by atoms with Crippen molar-refractivity contribution >= 4 is 29.4 Å². The largest absolute Gasteiger partial charge is 0.356 e. The van der Waals surface area contributed by atoms with Gasteiger partial charge in [-0.1, -0.05) is 44.2 Å². The van der Waals surface area contributed by atoms with E-state index in [-0.39, 0.29) is 11.5 Å². The van der Waals surface area contributed by atoms with E-state index >= 15 is 0 Å². The molecule has 2 heterocycles. The van der Waals surface area contributed by atoms with Crippen molar-refractivity contribution in [1.82, 2.24) is 10.6 Å². The first kappa shape index (κ1) is 17.1. The highest BCUT2D eigenvalue weighted by molar-refractivity contribution is 6.37. The van der Waals surface area contributed by atoms with Crippen LogP contribution in [0.25, 0.3) is 11.6 Å². The molecular formula is C20H22N2O3. The minimum absolute atomic E-state index is 0.197. The van der Waals surface area contributed by atoms with E-state index in [1.54, 1.807) is 6.08 Å². The van der Waals surface area contributed by atoms with E-state index in [9.17, 15) is 14.4 Å². The Hall–Kier alpha value is -2.69. The summed E-state index contributed by atoms with van der Waals surface area (Å²) in [5, 5.41) is 5.08. The Morgan fingerprint density at radius 2 is 2.04 bits per heavy atom. The number of benzene rings is 1. The molecule has 2 aliphatic heterocycles. The predicted octanol–water partition coefficient (Wildman–Crippen LogP) is 2.22. The Kier molecular flexibility index (Phi) is 4.83. The first-order valence-electron chi connectivity index (χ1n) is 8.70. The van der Waals surface area contributed by atoms with Gasteiger partial charge in [-0.15, -0.1) is 0 Å². The van der Waals surface area contributed by atoms with Crippen LogP contribution in [0.15, 0.2) is 30.4 Å². The molecule has 2 aliphatic rings. The molecule has 5 nitrogen and oxygen atoms in total. The third-order valence-corrected chi connectivity index (χ3v) is 4.79. The highest BCUT2D eigenvalue weighted by Gasteiger charge is 2.41. The number of hydrogen-bond donors (Lipinski definition) is 2. The van der Waals surface area contributed by atoms with Crippen LogP contribution in [0.4, 0.5) is 0 Å². The third-order valence-electron chi connectivity index (χ3n) is 4.79. The van der Waals surface area contributed by atoms with Crippen LogP contribution in [0.5, 0.6) is 0 Å². The zero-order valence-corrected chi connectivity index (χ0v) is 14.4. The molecule has 0 bridgehead atoms. The van der Waals surface area contributed by atoms with E-state index in [1.807, 2.05) is 18.2 Å². The summed E-state index contributed by atoms with van der Waals surface area (Å²) >= 11 is 0. The number of hydrogen-bond acceptors (Lipinski definition) is 3. The van der Waals surface area contributed by atoms with Gasteiger partial charge in [0, 0.05) is 12.1 Å². The van der Waals surface area contributed by atoms with Crippen molar-refractivity contribution in [2.75, 3.05) is 6.54 Å². The Bertz CT molecular complexity index is 792. The highest BCUT2D eigenvalue weighted by atomic mass is 16.2. The molecule has 0 radical (unpaired) electrons. The number of amides is 3. The lowest BCUT2D eigenvalue weighted by molar-refractivity contribution is -0.126. The molecule has 1 aromatic rings. The smallest absolute Gasteiger partial charge is 0.259 e. The van der Waals surface area contributed by atoms with Gasteiger partial charge in [0.2, 0.25) is 5.91 Å². The number of rotatable bonds is 6. The van der Waals surface area contributed by atoms with Crippen LogP contribution in [0.2, 0.25) is 0 Å². The fraction of sp³-hybridized carbons (Fsp3) is 0.350. The molecule has 0 aromatic heterocycles. The number of nitrogens with one attached hydrogen (secondary N) is 2. The van der Waals surface area contributed by atoms with Gasteiger partial charge < -0.3 is 5.32 Å². The van der Waals surface area contributed by atoms with Gasteiger partial charge in [0.1, 0.15) is 0 Å². The normalized spacial score (nSPS) is 20.0. The fourth-order valence-electron chi connectivity index (χ4n) is 3.48. The summed E-state index contributed by atoms with van der Waals surface area (Å²) in [4.78, 5) is 36.8. The molecule has 25 heavy (non-hydrogen) atoms. The second-order valence-electron chi connectivity index (χ2n) is 6.43. The van der Waals surface area contributed by atoms with Gasteiger partial charge in [0.15, 0.2) is 0 Å². The highest BCUT2D eigenvalue weighted by Crippen LogP contribution is 2.34. The van der Waals surface area contributed by atoms with Crippen molar-refractivity contribution < 1.29 is 14.4 Å². The number of carbonyl (C=O) groups excluding carboxylic acids is 3. The Morgan fingerprint density at radius 1 is 1.24 bits per heavy atom. The summed E-state index contributed by atoms with van der Waals surface area (Å²) in [7, 11) is 0. The molecule has 1 unspecified atom stereocenters. The quantitative estimate of drug-likeness (QED) is 0.781. The molecular weight excluding hydrogens is 316 g/mol. The van der Waals surface area contributed by atoms with Gasteiger partial charge in [0.25, 0.3) is 11.8 Å². The van der Waals surface area contributed by atoms with Crippen LogP contribution in [0.3, 0.4) is 0 Å². The summed E-state index contributed by atoms with van der Waals surface area (Å²) in [6, 6.07) is 5.85. The summed E-state index contributed by atoms with van der Waals surface area (Å²) in [6.45, 7) is 6.51. The molecule has 0 saturated carbocycles. The molecule has 130 valence electrons. The monoisotopic (exact) mass is 338 g/mol. The lowest BCUT2D eigenvalue weighted by atomic mass is 9.88. The van der Waals surface area contributed by atoms with E-state index in [0.717, 1.165) is 24.8 Å². The van der Waals surface area contributed by atoms with E-state index in [2.05, 4.69) is 24.1 Å². The maximum absolute atomic E-state index is 12.4. The average Bonchev–Trinajstić information content (AvgIpc) is 3.14. The first-order valence-corrected chi connectivity index (χ1v) is 8.70. The maximum atomic E-state index is 12.4. The van der Waals surface area contributed by atoms with Crippen LogP contribution in [0.1, 0.15) is 42.9 Å². The van der Waals surface area contributed by atoms with Gasteiger partial charge in [0.05, 0.1) is 11.5 Å². The molecule has 3 rings (SSSR count). The standard InChI is InChI=1S/C20H22N2O3/c1-3-5-6-12-7-8-14(13(4-2)11-12)16-17(20(25)22-19(16)24)15-9-10-21-18(15)23/h4,7-8,11,15H,2-3,5-6,9-10H2,1H3,(H,21,23)(H,22,24,25). The SMILES string of the molecule is C=Cc1cc(CCCC)ccc1C1=C(C2CCNC2=O)C(=O)NC1=O. The lowest BCUT2D eigenvalue weighted by Crippen LogP contribution is -2.27. The van der Waals surface area contributed by atoms with Crippen LogP contribution in [0, 0.1) is 5.92 Å². The minimum Gasteiger partial charge on any atom is -0.356 e. The van der Waals surface area contributed by atoms with Gasteiger partial charge in [-0.3, -0.25) is 19.7 Å². The van der Waals surface area contributed by atoms with Gasteiger partial charge in [-0.05, 0) is 36.0 Å². The van der Waals surface area contributed by atoms with Gasteiger partial charge in [-0.2, -0.15) is 0 Å². The zero-order valence-electron chi connectivity index (χ0n) is 14.4. The predicted molar refractivity (Wildman–Crippen MR) is 96.3 cm³/mol. The van der Waals surface area contributed by atoms with Gasteiger partial charge in [-0.25, -0.2) is 0 Å². The molecule has 0 spiro atoms. The average molecular weight is 338 g/mol. The van der Waals surface area contributed by atoms with Crippen molar-refractivity contribution in [3.8, 4) is 0 Å². The van der Waals surface area contributed by atoms with Crippen LogP contribution < -0.4 is 10.6 Å². The Morgan fingerprint density at radius 3 is 2.68 bits per heavy atom. The van der Waals surface area contributed by atoms with E-state index in [0.29, 0.717) is 24.1 Å². The van der Waals surface area contributed by atoms with Crippen molar-refractivity contribution in [2.45, 2.75) is 32.6 Å². The summed E-state index contributed by atoms with van der Waals surface area (Å²) in [5.74, 6) is -1.67. The Labute approximate surface area is 147 Å². The van der Waals surface area contributed by atoms with Crippen molar-refractivity contribution in [2.24, 2.45) is 5.92 Å². The summed E-state index contributed by atoms with van der Waals surface area (Å²) in [5.41, 5.74) is 3.23. The Balaban J connectivity index is 2.09. The molecule has 0 aliphatic carbocycles. The second kappa shape index (κ2) is 7.05. The number of carbonyl (C=O) groups is 3. The van der Waals surface area contributed by atoms with Gasteiger partial charge >= 0.3 is 0 Å². The second-order valence-corrected chi connectivity index (χ2v) is 6.43. The molecule has 1 saturated heterocycles. The lowest BCUT2D eigenvalue weighted by Gasteiger charge is -2.12. The molecule has 5 heteroatoms. The minimum atomic E-state index is -0.570. The fourth-order valence-corrected chi connectivity index (χ4v) is 3.48. The van der Waals surface area contributed by atoms with E-state index in [4.69, 9.17) is 0 Å². The number of unbranched alkanes of at least 4 members (excludes halogenated alkanes) is 1. The summed E-state index contributed by atoms with van der Waals surface area (Å²) in [6.07, 6.45) is 5.37. The molecule has 1 aromatic carbocycles. The maximum Gasteiger partial charge on any atom is 0.259 e. The molecule has 3 amide bonds. The zero-order chi connectivity index (χ0) is 18.0. The topological polar surface area (TPSA) is 75.3 Å². The van der Waals surface area contributed by atoms with Crippen molar-refractivity contribution in [3.63, 3.8) is 0 Å². The summed E-state index contributed by atoms with van der Waals surface area (Å²) < 4.78 is 0. The van der Waals surface area contributed by atoms with Crippen molar-refractivity contribution in [1.29, 1.82) is 0 Å². The van der Waals surface area contributed by atoms with Crippen molar-refractivity contribution in [3.05, 3.63) is 47.0 Å². The number of aryl methyl sites for hydroxylation is 1.